The molecule has 0 unspecified atom stereocenters. The molecular weight excluding hydrogens is 166 g/mol. The van der Waals surface area contributed by atoms with Crippen LogP contribution < -0.4 is 0 Å². The van der Waals surface area contributed by atoms with Crippen LogP contribution in [0.2, 0.25) is 0 Å². The summed E-state index contributed by atoms with van der Waals surface area (Å²) in [7, 11) is 0. The second kappa shape index (κ2) is 3.94. The van der Waals surface area contributed by atoms with Crippen LogP contribution in [0, 0.1) is 6.92 Å². The first-order valence-corrected chi connectivity index (χ1v) is 4.05. The lowest BCUT2D eigenvalue weighted by molar-refractivity contribution is -0.116. The number of hydrogen-bond donors (Lipinski definition) is 0. The number of rotatable bonds is 3. The van der Waals surface area contributed by atoms with Crippen LogP contribution in [0.25, 0.3) is 0 Å². The number of nitrogens with zero attached hydrogens (tertiary/aromatic N) is 1. The molecule has 0 saturated carbocycles. The van der Waals surface area contributed by atoms with E-state index in [4.69, 9.17) is 0 Å². The van der Waals surface area contributed by atoms with E-state index in [0.717, 1.165) is 5.56 Å². The van der Waals surface area contributed by atoms with Crippen molar-refractivity contribution >= 4 is 11.6 Å². The average molecular weight is 177 g/mol. The zero-order valence-electron chi connectivity index (χ0n) is 7.70. The van der Waals surface area contributed by atoms with Crippen LogP contribution in [0.15, 0.2) is 18.3 Å². The molecule has 1 heterocycles. The van der Waals surface area contributed by atoms with Gasteiger partial charge in [-0.2, -0.15) is 0 Å². The number of carbonyl (C=O) groups is 2. The Hall–Kier alpha value is -1.51. The lowest BCUT2D eigenvalue weighted by Crippen LogP contribution is -2.06. The molecule has 0 bridgehead atoms. The summed E-state index contributed by atoms with van der Waals surface area (Å²) in [5, 5.41) is 0. The van der Waals surface area contributed by atoms with Gasteiger partial charge >= 0.3 is 0 Å². The number of aryl methyl sites for hydroxylation is 1. The third kappa shape index (κ3) is 2.78. The van der Waals surface area contributed by atoms with Crippen LogP contribution >= 0.6 is 0 Å². The summed E-state index contributed by atoms with van der Waals surface area (Å²) in [4.78, 5) is 25.9. The van der Waals surface area contributed by atoms with Gasteiger partial charge in [-0.15, -0.1) is 0 Å². The Balaban J connectivity index is 2.83. The van der Waals surface area contributed by atoms with Crippen LogP contribution in [0.5, 0.6) is 0 Å². The number of ketones is 2. The molecule has 1 aromatic rings. The zero-order chi connectivity index (χ0) is 9.84. The van der Waals surface area contributed by atoms with Gasteiger partial charge in [0.05, 0.1) is 6.42 Å². The molecule has 0 N–H and O–H groups in total. The Labute approximate surface area is 76.8 Å². The predicted molar refractivity (Wildman–Crippen MR) is 48.6 cm³/mol. The molecule has 0 atom stereocenters. The van der Waals surface area contributed by atoms with Gasteiger partial charge in [-0.05, 0) is 31.5 Å². The molecule has 3 heteroatoms. The Morgan fingerprint density at radius 2 is 2.15 bits per heavy atom. The summed E-state index contributed by atoms with van der Waals surface area (Å²) in [6.45, 7) is 3.28. The first-order valence-electron chi connectivity index (χ1n) is 4.05. The molecule has 13 heavy (non-hydrogen) atoms. The lowest BCUT2D eigenvalue weighted by Gasteiger charge is -1.97. The number of carbonyl (C=O) groups excluding carboxylic acids is 2. The molecule has 0 aliphatic carbocycles. The zero-order valence-corrected chi connectivity index (χ0v) is 7.70. The minimum Gasteiger partial charge on any atom is -0.300 e. The van der Waals surface area contributed by atoms with E-state index in [0.29, 0.717) is 5.69 Å². The number of pyridine rings is 1. The predicted octanol–water partition coefficient (Wildman–Crippen LogP) is 1.55. The van der Waals surface area contributed by atoms with E-state index in [-0.39, 0.29) is 18.0 Å². The van der Waals surface area contributed by atoms with E-state index in [1.807, 2.05) is 13.0 Å². The van der Waals surface area contributed by atoms with E-state index in [2.05, 4.69) is 4.98 Å². The summed E-state index contributed by atoms with van der Waals surface area (Å²) in [5.41, 5.74) is 1.34. The van der Waals surface area contributed by atoms with Crippen molar-refractivity contribution in [3.8, 4) is 0 Å². The highest BCUT2D eigenvalue weighted by molar-refractivity contribution is 6.06. The Morgan fingerprint density at radius 3 is 2.69 bits per heavy atom. The van der Waals surface area contributed by atoms with Gasteiger partial charge in [0.2, 0.25) is 0 Å². The minimum absolute atomic E-state index is 0.0591. The van der Waals surface area contributed by atoms with Crippen molar-refractivity contribution in [2.24, 2.45) is 0 Å². The van der Waals surface area contributed by atoms with E-state index >= 15 is 0 Å². The smallest absolute Gasteiger partial charge is 0.188 e. The highest BCUT2D eigenvalue weighted by Gasteiger charge is 2.09. The molecule has 1 aromatic heterocycles. The van der Waals surface area contributed by atoms with Crippen molar-refractivity contribution in [1.29, 1.82) is 0 Å². The quantitative estimate of drug-likeness (QED) is 0.520. The lowest BCUT2D eigenvalue weighted by atomic mass is 10.1. The average Bonchev–Trinajstić information content (AvgIpc) is 2.03. The molecule has 3 nitrogen and oxygen atoms in total. The first-order chi connectivity index (χ1) is 6.09. The van der Waals surface area contributed by atoms with Crippen molar-refractivity contribution in [2.75, 3.05) is 0 Å². The second-order valence-electron chi connectivity index (χ2n) is 3.02. The Kier molecular flexibility index (Phi) is 2.90. The van der Waals surface area contributed by atoms with E-state index in [9.17, 15) is 9.59 Å². The normalized spacial score (nSPS) is 9.69. The monoisotopic (exact) mass is 177 g/mol. The minimum atomic E-state index is -0.212. The fourth-order valence-corrected chi connectivity index (χ4v) is 1.01. The molecule has 0 spiro atoms. The largest absolute Gasteiger partial charge is 0.300 e. The first kappa shape index (κ1) is 9.58. The molecule has 0 aromatic carbocycles. The molecule has 0 fully saturated rings. The van der Waals surface area contributed by atoms with Gasteiger partial charge in [-0.1, -0.05) is 0 Å². The van der Waals surface area contributed by atoms with Crippen LogP contribution in [-0.4, -0.2) is 16.6 Å². The summed E-state index contributed by atoms with van der Waals surface area (Å²) in [6.07, 6.45) is 1.51. The molecule has 0 radical (unpaired) electrons. The SMILES string of the molecule is CC(=O)CC(=O)c1cc(C)ccn1. The fraction of sp³-hybridized carbons (Fsp3) is 0.300. The van der Waals surface area contributed by atoms with E-state index in [1.54, 1.807) is 12.3 Å². The fourth-order valence-electron chi connectivity index (χ4n) is 1.01. The highest BCUT2D eigenvalue weighted by Crippen LogP contribution is 2.03. The van der Waals surface area contributed by atoms with Crippen molar-refractivity contribution in [2.45, 2.75) is 20.3 Å². The summed E-state index contributed by atoms with van der Waals surface area (Å²) >= 11 is 0. The van der Waals surface area contributed by atoms with Crippen molar-refractivity contribution in [3.05, 3.63) is 29.6 Å². The molecule has 1 rings (SSSR count). The van der Waals surface area contributed by atoms with Crippen molar-refractivity contribution in [3.63, 3.8) is 0 Å². The molecule has 0 aliphatic heterocycles. The van der Waals surface area contributed by atoms with Crippen LogP contribution in [0.3, 0.4) is 0 Å². The third-order valence-electron chi connectivity index (χ3n) is 1.61. The van der Waals surface area contributed by atoms with Gasteiger partial charge in [0.15, 0.2) is 5.78 Å². The van der Waals surface area contributed by atoms with Gasteiger partial charge in [0.25, 0.3) is 0 Å². The highest BCUT2D eigenvalue weighted by atomic mass is 16.1. The van der Waals surface area contributed by atoms with Crippen LogP contribution in [0.1, 0.15) is 29.4 Å². The third-order valence-corrected chi connectivity index (χ3v) is 1.61. The van der Waals surface area contributed by atoms with E-state index in [1.165, 1.54) is 6.92 Å². The van der Waals surface area contributed by atoms with Gasteiger partial charge in [0, 0.05) is 6.20 Å². The molecule has 0 amide bonds. The molecule has 0 aliphatic rings. The molecular formula is C10H11NO2. The maximum absolute atomic E-state index is 11.3. The van der Waals surface area contributed by atoms with Crippen molar-refractivity contribution < 1.29 is 9.59 Å². The number of Topliss-reactive ketones (excluding diaryl/α,β-unsaturated/α-hetero) is 2. The molecule has 0 saturated heterocycles. The van der Waals surface area contributed by atoms with Crippen molar-refractivity contribution in [1.82, 2.24) is 4.98 Å². The maximum atomic E-state index is 11.3. The van der Waals surface area contributed by atoms with Gasteiger partial charge in [-0.25, -0.2) is 0 Å². The van der Waals surface area contributed by atoms with Gasteiger partial charge in [-0.3, -0.25) is 14.6 Å². The topological polar surface area (TPSA) is 47.0 Å². The van der Waals surface area contributed by atoms with E-state index < -0.39 is 0 Å². The Bertz CT molecular complexity index is 345. The molecule has 68 valence electrons. The van der Waals surface area contributed by atoms with Crippen LogP contribution in [-0.2, 0) is 4.79 Å². The number of hydrogen-bond acceptors (Lipinski definition) is 3. The summed E-state index contributed by atoms with van der Waals surface area (Å²) < 4.78 is 0. The van der Waals surface area contributed by atoms with Gasteiger partial charge < -0.3 is 0 Å². The second-order valence-corrected chi connectivity index (χ2v) is 3.02. The maximum Gasteiger partial charge on any atom is 0.188 e. The van der Waals surface area contributed by atoms with Crippen LogP contribution in [0.4, 0.5) is 0 Å². The Morgan fingerprint density at radius 1 is 1.46 bits per heavy atom. The van der Waals surface area contributed by atoms with Gasteiger partial charge in [0.1, 0.15) is 11.5 Å². The standard InChI is InChI=1S/C10H11NO2/c1-7-3-4-11-9(5-7)10(13)6-8(2)12/h3-5H,6H2,1-2H3. The summed E-state index contributed by atoms with van der Waals surface area (Å²) in [6, 6.07) is 3.50. The number of aromatic nitrogens is 1. The summed E-state index contributed by atoms with van der Waals surface area (Å²) in [5.74, 6) is -0.343.